The van der Waals surface area contributed by atoms with E-state index in [1.165, 1.54) is 43.5 Å². The standard InChI is InChI=1S/C24H27ClN4O8S3/c1-3-19(28-24(31)37-2)23(30)27-20(12-15-4-8-17(9-5-15)29-40(34,35)36)21-13-38-22(26-21)14-39(32,33)18-10-6-16(25)7-11-18/h4-11,13,19-20,29H,3,12,14H2,1-2H3,(H,27,30)(H,28,31)(H,34,35,36)/t19-,20-/m0/s1. The molecule has 40 heavy (non-hydrogen) atoms. The van der Waals surface area contributed by atoms with Gasteiger partial charge in [-0.15, -0.1) is 11.3 Å². The van der Waals surface area contributed by atoms with Crippen molar-refractivity contribution in [3.8, 4) is 0 Å². The van der Waals surface area contributed by atoms with Crippen LogP contribution in [0.25, 0.3) is 0 Å². The van der Waals surface area contributed by atoms with E-state index in [-0.39, 0.29) is 29.2 Å². The van der Waals surface area contributed by atoms with E-state index in [0.717, 1.165) is 11.3 Å². The van der Waals surface area contributed by atoms with E-state index in [4.69, 9.17) is 16.2 Å². The molecule has 3 aromatic rings. The van der Waals surface area contributed by atoms with Crippen molar-refractivity contribution >= 4 is 60.8 Å². The average Bonchev–Trinajstić information content (AvgIpc) is 3.34. The number of amides is 2. The average molecular weight is 631 g/mol. The minimum Gasteiger partial charge on any atom is -0.453 e. The predicted octanol–water partition coefficient (Wildman–Crippen LogP) is 3.52. The minimum atomic E-state index is -4.45. The van der Waals surface area contributed by atoms with Crippen molar-refractivity contribution in [3.63, 3.8) is 0 Å². The van der Waals surface area contributed by atoms with Crippen LogP contribution in [0.3, 0.4) is 0 Å². The molecular formula is C24H27ClN4O8S3. The van der Waals surface area contributed by atoms with E-state index < -0.39 is 44.2 Å². The van der Waals surface area contributed by atoms with Crippen molar-refractivity contribution in [2.45, 2.75) is 42.5 Å². The highest BCUT2D eigenvalue weighted by Crippen LogP contribution is 2.26. The third kappa shape index (κ3) is 9.16. The SMILES string of the molecule is CC[C@H](NC(=O)OC)C(=O)N[C@@H](Cc1ccc(NS(=O)(=O)O)cc1)c1csc(CS(=O)(=O)c2ccc(Cl)cc2)n1. The zero-order chi connectivity index (χ0) is 29.5. The Balaban J connectivity index is 1.86. The molecule has 0 aliphatic rings. The molecule has 216 valence electrons. The smallest absolute Gasteiger partial charge is 0.407 e. The third-order valence-corrected chi connectivity index (χ3v) is 9.01. The first-order chi connectivity index (χ1) is 18.8. The Morgan fingerprint density at radius 1 is 1.05 bits per heavy atom. The van der Waals surface area contributed by atoms with Gasteiger partial charge in [-0.25, -0.2) is 18.2 Å². The first-order valence-corrected chi connectivity index (χ1v) is 16.1. The maximum atomic E-state index is 13.0. The van der Waals surface area contributed by atoms with Gasteiger partial charge in [-0.3, -0.25) is 14.1 Å². The summed E-state index contributed by atoms with van der Waals surface area (Å²) in [5.74, 6) is -0.872. The fourth-order valence-corrected chi connectivity index (χ4v) is 6.63. The van der Waals surface area contributed by atoms with Crippen LogP contribution < -0.4 is 15.4 Å². The number of rotatable bonds is 12. The van der Waals surface area contributed by atoms with E-state index in [1.54, 1.807) is 24.4 Å². The van der Waals surface area contributed by atoms with Crippen LogP contribution in [0.1, 0.15) is 35.7 Å². The Morgan fingerprint density at radius 2 is 1.70 bits per heavy atom. The molecule has 4 N–H and O–H groups in total. The van der Waals surface area contributed by atoms with E-state index >= 15 is 0 Å². The minimum absolute atomic E-state index is 0.0942. The predicted molar refractivity (Wildman–Crippen MR) is 150 cm³/mol. The van der Waals surface area contributed by atoms with Gasteiger partial charge >= 0.3 is 16.4 Å². The van der Waals surface area contributed by atoms with Crippen molar-refractivity contribution in [1.82, 2.24) is 15.6 Å². The fraction of sp³-hybridized carbons (Fsp3) is 0.292. The Labute approximate surface area is 240 Å². The lowest BCUT2D eigenvalue weighted by Crippen LogP contribution is -2.47. The van der Waals surface area contributed by atoms with Crippen LogP contribution in [0.4, 0.5) is 10.5 Å². The summed E-state index contributed by atoms with van der Waals surface area (Å²) in [5.41, 5.74) is 1.19. The number of hydrogen-bond donors (Lipinski definition) is 4. The van der Waals surface area contributed by atoms with Gasteiger partial charge < -0.3 is 15.4 Å². The largest absolute Gasteiger partial charge is 0.453 e. The molecule has 0 aliphatic carbocycles. The summed E-state index contributed by atoms with van der Waals surface area (Å²) in [5, 5.41) is 7.65. The highest BCUT2D eigenvalue weighted by Gasteiger charge is 2.26. The Kier molecular flexibility index (Phi) is 10.5. The summed E-state index contributed by atoms with van der Waals surface area (Å²) < 4.78 is 63.4. The van der Waals surface area contributed by atoms with Gasteiger partial charge in [-0.1, -0.05) is 30.7 Å². The topological polar surface area (TPSA) is 181 Å². The van der Waals surface area contributed by atoms with Crippen LogP contribution in [-0.2, 0) is 41.8 Å². The summed E-state index contributed by atoms with van der Waals surface area (Å²) in [6.45, 7) is 1.71. The van der Waals surface area contributed by atoms with Crippen LogP contribution in [0.5, 0.6) is 0 Å². The lowest BCUT2D eigenvalue weighted by atomic mass is 10.0. The summed E-state index contributed by atoms with van der Waals surface area (Å²) in [6, 6.07) is 10.2. The summed E-state index contributed by atoms with van der Waals surface area (Å²) in [6.07, 6.45) is -0.311. The number of aromatic nitrogens is 1. The van der Waals surface area contributed by atoms with E-state index in [9.17, 15) is 26.4 Å². The van der Waals surface area contributed by atoms with Gasteiger partial charge in [0.1, 0.15) is 16.8 Å². The van der Waals surface area contributed by atoms with Gasteiger partial charge in [0, 0.05) is 10.4 Å². The number of ether oxygens (including phenoxy) is 1. The summed E-state index contributed by atoms with van der Waals surface area (Å²) in [4.78, 5) is 29.3. The molecule has 0 unspecified atom stereocenters. The number of carbonyl (C=O) groups excluding carboxylic acids is 2. The number of alkyl carbamates (subject to hydrolysis) is 1. The lowest BCUT2D eigenvalue weighted by Gasteiger charge is -2.22. The molecule has 0 aliphatic heterocycles. The number of nitrogens with one attached hydrogen (secondary N) is 3. The van der Waals surface area contributed by atoms with Gasteiger partial charge in [-0.05, 0) is 54.8 Å². The number of thiazole rings is 1. The molecule has 2 aromatic carbocycles. The first-order valence-electron chi connectivity index (χ1n) is 11.7. The zero-order valence-electron chi connectivity index (χ0n) is 21.3. The molecule has 2 atom stereocenters. The molecule has 0 saturated heterocycles. The second-order valence-electron chi connectivity index (χ2n) is 8.52. The maximum absolute atomic E-state index is 13.0. The highest BCUT2D eigenvalue weighted by atomic mass is 35.5. The van der Waals surface area contributed by atoms with Crippen LogP contribution >= 0.6 is 22.9 Å². The molecule has 0 bridgehead atoms. The molecule has 0 fully saturated rings. The van der Waals surface area contributed by atoms with Gasteiger partial charge in [0.25, 0.3) is 0 Å². The van der Waals surface area contributed by atoms with Gasteiger partial charge in [0.05, 0.1) is 29.4 Å². The first kappa shape index (κ1) is 31.3. The van der Waals surface area contributed by atoms with Crippen LogP contribution in [0.15, 0.2) is 58.8 Å². The normalized spacial score (nSPS) is 13.2. The molecule has 0 spiro atoms. The monoisotopic (exact) mass is 630 g/mol. The van der Waals surface area contributed by atoms with Crippen molar-refractivity contribution < 1.29 is 35.7 Å². The molecule has 16 heteroatoms. The van der Waals surface area contributed by atoms with Crippen molar-refractivity contribution in [3.05, 3.63) is 75.2 Å². The molecule has 0 radical (unpaired) electrons. The highest BCUT2D eigenvalue weighted by molar-refractivity contribution is 7.90. The van der Waals surface area contributed by atoms with Gasteiger partial charge in [-0.2, -0.15) is 8.42 Å². The molecule has 2 amide bonds. The fourth-order valence-electron chi connectivity index (χ4n) is 3.59. The number of sulfone groups is 1. The van der Waals surface area contributed by atoms with E-state index in [0.29, 0.717) is 21.3 Å². The van der Waals surface area contributed by atoms with E-state index in [1.807, 2.05) is 4.72 Å². The number of carbonyl (C=O) groups is 2. The van der Waals surface area contributed by atoms with Crippen LogP contribution in [0, 0.1) is 0 Å². The number of anilines is 1. The second-order valence-corrected chi connectivity index (χ2v) is 13.0. The number of benzene rings is 2. The molecule has 1 aromatic heterocycles. The molecular weight excluding hydrogens is 604 g/mol. The summed E-state index contributed by atoms with van der Waals surface area (Å²) >= 11 is 6.98. The second kappa shape index (κ2) is 13.4. The Morgan fingerprint density at radius 3 is 2.27 bits per heavy atom. The lowest BCUT2D eigenvalue weighted by molar-refractivity contribution is -0.123. The van der Waals surface area contributed by atoms with Gasteiger partial charge in [0.2, 0.25) is 5.91 Å². The quantitative estimate of drug-likeness (QED) is 0.218. The Hall–Kier alpha value is -3.24. The number of hydrogen-bond acceptors (Lipinski definition) is 9. The zero-order valence-corrected chi connectivity index (χ0v) is 24.5. The number of methoxy groups -OCH3 is 1. The van der Waals surface area contributed by atoms with Crippen LogP contribution in [-0.4, -0.2) is 51.5 Å². The number of halogens is 1. The van der Waals surface area contributed by atoms with Gasteiger partial charge in [0.15, 0.2) is 9.84 Å². The maximum Gasteiger partial charge on any atom is 0.407 e. The summed E-state index contributed by atoms with van der Waals surface area (Å²) in [7, 11) is -6.98. The van der Waals surface area contributed by atoms with Crippen LogP contribution in [0.2, 0.25) is 5.02 Å². The number of nitrogens with zero attached hydrogens (tertiary/aromatic N) is 1. The van der Waals surface area contributed by atoms with Crippen molar-refractivity contribution in [1.29, 1.82) is 0 Å². The van der Waals surface area contributed by atoms with E-state index in [2.05, 4.69) is 20.4 Å². The molecule has 12 nitrogen and oxygen atoms in total. The van der Waals surface area contributed by atoms with Crippen molar-refractivity contribution in [2.75, 3.05) is 11.8 Å². The third-order valence-electron chi connectivity index (χ3n) is 5.57. The molecule has 3 rings (SSSR count). The van der Waals surface area contributed by atoms with Crippen molar-refractivity contribution in [2.24, 2.45) is 0 Å². The molecule has 0 saturated carbocycles. The Bertz CT molecular complexity index is 1540. The molecule has 1 heterocycles.